The second-order valence-corrected chi connectivity index (χ2v) is 5.52. The molecule has 5 nitrogen and oxygen atoms in total. The minimum absolute atomic E-state index is 0.203. The summed E-state index contributed by atoms with van der Waals surface area (Å²) >= 11 is 0. The number of rotatable bonds is 7. The highest BCUT2D eigenvalue weighted by Gasteiger charge is 2.28. The summed E-state index contributed by atoms with van der Waals surface area (Å²) in [5, 5.41) is 22.4. The zero-order valence-electron chi connectivity index (χ0n) is 11.3. The maximum atomic E-state index is 10.9. The molecule has 0 bridgehead atoms. The smallest absolute Gasteiger partial charge is 0.306 e. The van der Waals surface area contributed by atoms with Crippen molar-refractivity contribution in [3.05, 3.63) is 0 Å². The summed E-state index contributed by atoms with van der Waals surface area (Å²) in [5.41, 5.74) is -0.799. The molecule has 0 aromatic heterocycles. The van der Waals surface area contributed by atoms with Gasteiger partial charge in [0.15, 0.2) is 0 Å². The van der Waals surface area contributed by atoms with Gasteiger partial charge in [0.25, 0.3) is 0 Å². The zero-order chi connectivity index (χ0) is 13.6. The first-order valence-corrected chi connectivity index (χ1v) is 6.62. The van der Waals surface area contributed by atoms with Gasteiger partial charge in [-0.25, -0.2) is 0 Å². The molecular formula is C13H25NO4. The van der Waals surface area contributed by atoms with E-state index in [1.165, 1.54) is 0 Å². The number of nitrogens with one attached hydrogen (secondary N) is 1. The molecule has 5 heteroatoms. The molecule has 0 radical (unpaired) electrons. The number of hydrogen-bond donors (Lipinski definition) is 3. The molecule has 0 aliphatic heterocycles. The summed E-state index contributed by atoms with van der Waals surface area (Å²) in [7, 11) is 1.61. The lowest BCUT2D eigenvalue weighted by molar-refractivity contribution is -0.143. The first-order valence-electron chi connectivity index (χ1n) is 6.62. The molecule has 3 atom stereocenters. The Morgan fingerprint density at radius 2 is 2.22 bits per heavy atom. The molecular weight excluding hydrogens is 234 g/mol. The first kappa shape index (κ1) is 15.4. The number of ether oxygens (including phenoxy) is 1. The van der Waals surface area contributed by atoms with Crippen LogP contribution >= 0.6 is 0 Å². The van der Waals surface area contributed by atoms with Crippen molar-refractivity contribution in [2.24, 2.45) is 5.92 Å². The van der Waals surface area contributed by atoms with Gasteiger partial charge in [-0.1, -0.05) is 6.42 Å². The third-order valence-electron chi connectivity index (χ3n) is 3.64. The van der Waals surface area contributed by atoms with E-state index in [9.17, 15) is 9.90 Å². The van der Waals surface area contributed by atoms with Gasteiger partial charge in [-0.2, -0.15) is 0 Å². The van der Waals surface area contributed by atoms with Crippen LogP contribution in [0, 0.1) is 5.92 Å². The van der Waals surface area contributed by atoms with E-state index in [0.29, 0.717) is 26.0 Å². The van der Waals surface area contributed by atoms with Crippen LogP contribution in [0.4, 0.5) is 0 Å². The highest BCUT2D eigenvalue weighted by Crippen LogP contribution is 2.24. The monoisotopic (exact) mass is 259 g/mol. The van der Waals surface area contributed by atoms with E-state index in [1.807, 2.05) is 0 Å². The largest absolute Gasteiger partial charge is 0.481 e. The van der Waals surface area contributed by atoms with Gasteiger partial charge in [0.1, 0.15) is 0 Å². The van der Waals surface area contributed by atoms with Gasteiger partial charge in [0.2, 0.25) is 0 Å². The fourth-order valence-corrected chi connectivity index (χ4v) is 2.37. The van der Waals surface area contributed by atoms with Crippen LogP contribution in [0.15, 0.2) is 0 Å². The number of aliphatic carboxylic acids is 1. The fourth-order valence-electron chi connectivity index (χ4n) is 2.37. The third kappa shape index (κ3) is 5.33. The Balaban J connectivity index is 2.31. The Kier molecular flexibility index (Phi) is 6.05. The molecule has 1 rings (SSSR count). The highest BCUT2D eigenvalue weighted by molar-refractivity contribution is 5.70. The second kappa shape index (κ2) is 7.07. The summed E-state index contributed by atoms with van der Waals surface area (Å²) in [6, 6.07) is 0.203. The Labute approximate surface area is 109 Å². The van der Waals surface area contributed by atoms with Crippen molar-refractivity contribution in [2.45, 2.75) is 50.7 Å². The Bertz CT molecular complexity index is 268. The van der Waals surface area contributed by atoms with E-state index in [4.69, 9.17) is 9.84 Å². The number of aliphatic hydroxyl groups is 1. The van der Waals surface area contributed by atoms with Crippen LogP contribution in [0.25, 0.3) is 0 Å². The lowest BCUT2D eigenvalue weighted by atomic mass is 9.85. The van der Waals surface area contributed by atoms with Crippen LogP contribution in [0.3, 0.4) is 0 Å². The molecule has 0 saturated heterocycles. The van der Waals surface area contributed by atoms with E-state index in [1.54, 1.807) is 14.0 Å². The summed E-state index contributed by atoms with van der Waals surface area (Å²) in [4.78, 5) is 10.9. The van der Waals surface area contributed by atoms with Crippen LogP contribution in [-0.2, 0) is 9.53 Å². The second-order valence-electron chi connectivity index (χ2n) is 5.52. The van der Waals surface area contributed by atoms with Crippen molar-refractivity contribution in [3.63, 3.8) is 0 Å². The quantitative estimate of drug-likeness (QED) is 0.636. The average molecular weight is 259 g/mol. The van der Waals surface area contributed by atoms with Crippen molar-refractivity contribution in [1.29, 1.82) is 0 Å². The molecule has 1 aliphatic carbocycles. The molecule has 1 aliphatic rings. The van der Waals surface area contributed by atoms with Gasteiger partial charge >= 0.3 is 5.97 Å². The molecule has 0 amide bonds. The van der Waals surface area contributed by atoms with E-state index < -0.39 is 11.6 Å². The first-order chi connectivity index (χ1) is 8.44. The molecule has 18 heavy (non-hydrogen) atoms. The summed E-state index contributed by atoms with van der Waals surface area (Å²) in [5.74, 6) is -0.937. The lowest BCUT2D eigenvalue weighted by Gasteiger charge is -2.31. The number of carboxylic acids is 1. The molecule has 0 heterocycles. The Morgan fingerprint density at radius 3 is 2.83 bits per heavy atom. The zero-order valence-corrected chi connectivity index (χ0v) is 11.3. The van der Waals surface area contributed by atoms with Crippen molar-refractivity contribution < 1.29 is 19.7 Å². The maximum Gasteiger partial charge on any atom is 0.306 e. The normalized spacial score (nSPS) is 27.7. The van der Waals surface area contributed by atoms with Gasteiger partial charge in [0.05, 0.1) is 11.5 Å². The topological polar surface area (TPSA) is 78.8 Å². The van der Waals surface area contributed by atoms with Crippen molar-refractivity contribution in [3.8, 4) is 0 Å². The number of methoxy groups -OCH3 is 1. The van der Waals surface area contributed by atoms with E-state index in [2.05, 4.69) is 5.32 Å². The van der Waals surface area contributed by atoms with Crippen molar-refractivity contribution in [2.75, 3.05) is 20.3 Å². The van der Waals surface area contributed by atoms with Crippen LogP contribution in [0.2, 0.25) is 0 Å². The van der Waals surface area contributed by atoms with Crippen molar-refractivity contribution >= 4 is 5.97 Å². The SMILES string of the molecule is COCCC(C)(O)CNC1CCCC(C(=O)O)C1. The molecule has 3 N–H and O–H groups in total. The number of carboxylic acid groups (broad SMARTS) is 1. The standard InChI is InChI=1S/C13H25NO4/c1-13(17,6-7-18-2)9-14-11-5-3-4-10(8-11)12(15)16/h10-11,14,17H,3-9H2,1-2H3,(H,15,16). The predicted molar refractivity (Wildman–Crippen MR) is 68.5 cm³/mol. The fraction of sp³-hybridized carbons (Fsp3) is 0.923. The molecule has 1 fully saturated rings. The van der Waals surface area contributed by atoms with Crippen LogP contribution in [0.5, 0.6) is 0 Å². The summed E-state index contributed by atoms with van der Waals surface area (Å²) in [6.45, 7) is 2.78. The Hall–Kier alpha value is -0.650. The van der Waals surface area contributed by atoms with Gasteiger partial charge < -0.3 is 20.3 Å². The molecule has 1 saturated carbocycles. The van der Waals surface area contributed by atoms with Gasteiger partial charge in [-0.3, -0.25) is 4.79 Å². The Morgan fingerprint density at radius 1 is 1.50 bits per heavy atom. The minimum atomic E-state index is -0.799. The van der Waals surface area contributed by atoms with E-state index >= 15 is 0 Å². The highest BCUT2D eigenvalue weighted by atomic mass is 16.5. The number of carbonyl (C=O) groups is 1. The van der Waals surface area contributed by atoms with Gasteiger partial charge in [0, 0.05) is 32.7 Å². The van der Waals surface area contributed by atoms with Crippen LogP contribution in [-0.4, -0.2) is 48.1 Å². The molecule has 106 valence electrons. The molecule has 3 unspecified atom stereocenters. The number of hydrogen-bond acceptors (Lipinski definition) is 4. The average Bonchev–Trinajstić information content (AvgIpc) is 2.34. The minimum Gasteiger partial charge on any atom is -0.481 e. The van der Waals surface area contributed by atoms with E-state index in [0.717, 1.165) is 19.3 Å². The molecule has 0 spiro atoms. The maximum absolute atomic E-state index is 10.9. The summed E-state index contributed by atoms with van der Waals surface area (Å²) < 4.78 is 4.95. The van der Waals surface area contributed by atoms with Crippen LogP contribution in [0.1, 0.15) is 39.0 Å². The van der Waals surface area contributed by atoms with Gasteiger partial charge in [-0.15, -0.1) is 0 Å². The predicted octanol–water partition coefficient (Wildman–Crippen LogP) is 1.01. The molecule has 0 aromatic rings. The van der Waals surface area contributed by atoms with Gasteiger partial charge in [-0.05, 0) is 26.2 Å². The third-order valence-corrected chi connectivity index (χ3v) is 3.64. The lowest BCUT2D eigenvalue weighted by Crippen LogP contribution is -2.45. The van der Waals surface area contributed by atoms with E-state index in [-0.39, 0.29) is 12.0 Å². The van der Waals surface area contributed by atoms with Crippen molar-refractivity contribution in [1.82, 2.24) is 5.32 Å². The summed E-state index contributed by atoms with van der Waals surface area (Å²) in [6.07, 6.45) is 3.94. The van der Waals surface area contributed by atoms with Crippen LogP contribution < -0.4 is 5.32 Å². The molecule has 0 aromatic carbocycles.